The molecule has 4 rings (SSSR count). The van der Waals surface area contributed by atoms with Crippen LogP contribution in [0.1, 0.15) is 54.3 Å². The number of hydrogen-bond acceptors (Lipinski definition) is 4. The van der Waals surface area contributed by atoms with E-state index in [0.717, 1.165) is 23.2 Å². The van der Waals surface area contributed by atoms with E-state index < -0.39 is 6.10 Å². The van der Waals surface area contributed by atoms with Gasteiger partial charge in [-0.05, 0) is 61.2 Å². The number of nitrogens with zero attached hydrogens (tertiary/aromatic N) is 2. The van der Waals surface area contributed by atoms with Crippen LogP contribution < -0.4 is 10.1 Å². The molecular formula is C29H33N3O3. The van der Waals surface area contributed by atoms with Crippen molar-refractivity contribution in [3.63, 3.8) is 0 Å². The Morgan fingerprint density at radius 2 is 1.94 bits per heavy atom. The SMILES string of the molecule is CCC(=O)N1CCc2ccc(O[C@@H](C)C(=O)NCCc3ccccn3)cc2[C@@H]1c1ccc(C)cc1. The first-order chi connectivity index (χ1) is 17.0. The van der Waals surface area contributed by atoms with Crippen molar-refractivity contribution in [2.45, 2.75) is 52.2 Å². The zero-order valence-electron chi connectivity index (χ0n) is 20.7. The highest BCUT2D eigenvalue weighted by Crippen LogP contribution is 2.37. The van der Waals surface area contributed by atoms with Gasteiger partial charge in [-0.2, -0.15) is 0 Å². The van der Waals surface area contributed by atoms with Gasteiger partial charge in [0.25, 0.3) is 5.91 Å². The van der Waals surface area contributed by atoms with Crippen LogP contribution in [0.15, 0.2) is 66.9 Å². The molecule has 1 aliphatic rings. The van der Waals surface area contributed by atoms with Gasteiger partial charge in [-0.1, -0.05) is 48.9 Å². The first kappa shape index (κ1) is 24.5. The maximum Gasteiger partial charge on any atom is 0.260 e. The molecule has 0 spiro atoms. The smallest absolute Gasteiger partial charge is 0.260 e. The number of carbonyl (C=O) groups excluding carboxylic acids is 2. The summed E-state index contributed by atoms with van der Waals surface area (Å²) < 4.78 is 6.04. The summed E-state index contributed by atoms with van der Waals surface area (Å²) in [6, 6.07) is 19.9. The highest BCUT2D eigenvalue weighted by atomic mass is 16.5. The average molecular weight is 472 g/mol. The molecule has 2 amide bonds. The van der Waals surface area contributed by atoms with E-state index in [1.54, 1.807) is 13.1 Å². The van der Waals surface area contributed by atoms with E-state index in [4.69, 9.17) is 4.74 Å². The lowest BCUT2D eigenvalue weighted by atomic mass is 9.87. The zero-order valence-corrected chi connectivity index (χ0v) is 20.7. The van der Waals surface area contributed by atoms with Crippen LogP contribution in [0.2, 0.25) is 0 Å². The minimum atomic E-state index is -0.647. The number of aryl methyl sites for hydroxylation is 1. The van der Waals surface area contributed by atoms with Crippen molar-refractivity contribution in [2.75, 3.05) is 13.1 Å². The van der Waals surface area contributed by atoms with Crippen molar-refractivity contribution in [3.8, 4) is 5.75 Å². The van der Waals surface area contributed by atoms with Crippen molar-refractivity contribution in [1.29, 1.82) is 0 Å². The van der Waals surface area contributed by atoms with Gasteiger partial charge in [-0.15, -0.1) is 0 Å². The summed E-state index contributed by atoms with van der Waals surface area (Å²) in [5, 5.41) is 2.93. The predicted molar refractivity (Wildman–Crippen MR) is 136 cm³/mol. The van der Waals surface area contributed by atoms with E-state index in [-0.39, 0.29) is 17.9 Å². The minimum Gasteiger partial charge on any atom is -0.481 e. The highest BCUT2D eigenvalue weighted by Gasteiger charge is 2.32. The van der Waals surface area contributed by atoms with Crippen LogP contribution in [0.5, 0.6) is 5.75 Å². The third kappa shape index (κ3) is 5.88. The Kier molecular flexibility index (Phi) is 7.80. The molecule has 0 saturated carbocycles. The fourth-order valence-corrected chi connectivity index (χ4v) is 4.51. The number of pyridine rings is 1. The van der Waals surface area contributed by atoms with Gasteiger partial charge < -0.3 is 15.0 Å². The Hall–Kier alpha value is -3.67. The van der Waals surface area contributed by atoms with Gasteiger partial charge in [0, 0.05) is 37.8 Å². The summed E-state index contributed by atoms with van der Waals surface area (Å²) in [6.07, 6.45) is 3.03. The van der Waals surface area contributed by atoms with Gasteiger partial charge in [0.2, 0.25) is 5.91 Å². The third-order valence-electron chi connectivity index (χ3n) is 6.45. The molecule has 0 fully saturated rings. The standard InChI is InChI=1S/C29H33N3O3/c1-4-27(33)32-18-15-22-12-13-25(19-26(22)28(32)23-10-8-20(2)9-11-23)35-21(3)29(34)31-17-14-24-7-5-6-16-30-24/h5-13,16,19,21,28H,4,14-15,17-18H2,1-3H3,(H,31,34)/t21-,28-/m0/s1. The van der Waals surface area contributed by atoms with Crippen molar-refractivity contribution < 1.29 is 14.3 Å². The number of nitrogens with one attached hydrogen (secondary N) is 1. The molecule has 182 valence electrons. The van der Waals surface area contributed by atoms with E-state index in [2.05, 4.69) is 47.6 Å². The van der Waals surface area contributed by atoms with Crippen LogP contribution in [0.4, 0.5) is 0 Å². The van der Waals surface area contributed by atoms with E-state index in [9.17, 15) is 9.59 Å². The molecule has 2 aromatic carbocycles. The second-order valence-corrected chi connectivity index (χ2v) is 8.99. The van der Waals surface area contributed by atoms with Gasteiger partial charge in [-0.25, -0.2) is 0 Å². The molecule has 1 aliphatic heterocycles. The van der Waals surface area contributed by atoms with E-state index in [1.807, 2.05) is 42.2 Å². The number of amides is 2. The molecular weight excluding hydrogens is 438 g/mol. The summed E-state index contributed by atoms with van der Waals surface area (Å²) in [4.78, 5) is 31.7. The molecule has 3 aromatic rings. The lowest BCUT2D eigenvalue weighted by molar-refractivity contribution is -0.133. The Morgan fingerprint density at radius 1 is 1.14 bits per heavy atom. The fourth-order valence-electron chi connectivity index (χ4n) is 4.51. The number of hydrogen-bond donors (Lipinski definition) is 1. The van der Waals surface area contributed by atoms with Gasteiger partial charge in [0.15, 0.2) is 6.10 Å². The van der Waals surface area contributed by atoms with E-state index >= 15 is 0 Å². The average Bonchev–Trinajstić information content (AvgIpc) is 2.88. The van der Waals surface area contributed by atoms with Gasteiger partial charge in [0.05, 0.1) is 6.04 Å². The molecule has 0 bridgehead atoms. The number of fused-ring (bicyclic) bond motifs is 1. The Labute approximate surface area is 207 Å². The molecule has 0 saturated heterocycles. The second-order valence-electron chi connectivity index (χ2n) is 8.99. The minimum absolute atomic E-state index is 0.133. The third-order valence-corrected chi connectivity index (χ3v) is 6.45. The molecule has 6 heteroatoms. The lowest BCUT2D eigenvalue weighted by Gasteiger charge is -2.38. The van der Waals surface area contributed by atoms with Gasteiger partial charge >= 0.3 is 0 Å². The number of aromatic nitrogens is 1. The molecule has 6 nitrogen and oxygen atoms in total. The van der Waals surface area contributed by atoms with Crippen molar-refractivity contribution in [3.05, 3.63) is 94.8 Å². The lowest BCUT2D eigenvalue weighted by Crippen LogP contribution is -2.40. The van der Waals surface area contributed by atoms with Crippen LogP contribution in [0.25, 0.3) is 0 Å². The summed E-state index contributed by atoms with van der Waals surface area (Å²) in [7, 11) is 0. The van der Waals surface area contributed by atoms with Crippen LogP contribution in [0, 0.1) is 6.92 Å². The van der Waals surface area contributed by atoms with Crippen molar-refractivity contribution in [1.82, 2.24) is 15.2 Å². The Balaban J connectivity index is 1.50. The van der Waals surface area contributed by atoms with Crippen molar-refractivity contribution in [2.24, 2.45) is 0 Å². The first-order valence-corrected chi connectivity index (χ1v) is 12.3. The topological polar surface area (TPSA) is 71.5 Å². The molecule has 1 N–H and O–H groups in total. The van der Waals surface area contributed by atoms with Crippen LogP contribution in [-0.4, -0.2) is 40.9 Å². The summed E-state index contributed by atoms with van der Waals surface area (Å²) in [6.45, 7) is 6.89. The maximum atomic E-state index is 12.8. The first-order valence-electron chi connectivity index (χ1n) is 12.3. The number of ether oxygens (including phenoxy) is 1. The maximum absolute atomic E-state index is 12.8. The molecule has 0 aliphatic carbocycles. The molecule has 2 heterocycles. The quantitative estimate of drug-likeness (QED) is 0.529. The molecule has 2 atom stereocenters. The predicted octanol–water partition coefficient (Wildman–Crippen LogP) is 4.40. The van der Waals surface area contributed by atoms with E-state index in [0.29, 0.717) is 31.7 Å². The molecule has 0 unspecified atom stereocenters. The van der Waals surface area contributed by atoms with Crippen molar-refractivity contribution >= 4 is 11.8 Å². The van der Waals surface area contributed by atoms with Crippen LogP contribution in [0.3, 0.4) is 0 Å². The summed E-state index contributed by atoms with van der Waals surface area (Å²) >= 11 is 0. The van der Waals surface area contributed by atoms with Crippen LogP contribution >= 0.6 is 0 Å². The monoisotopic (exact) mass is 471 g/mol. The summed E-state index contributed by atoms with van der Waals surface area (Å²) in [5.74, 6) is 0.587. The Bertz CT molecular complexity index is 1160. The molecule has 0 radical (unpaired) electrons. The second kappa shape index (κ2) is 11.2. The number of rotatable bonds is 8. The van der Waals surface area contributed by atoms with Gasteiger partial charge in [0.1, 0.15) is 5.75 Å². The fraction of sp³-hybridized carbons (Fsp3) is 0.345. The van der Waals surface area contributed by atoms with Crippen LogP contribution in [-0.2, 0) is 22.4 Å². The zero-order chi connectivity index (χ0) is 24.8. The Morgan fingerprint density at radius 3 is 2.66 bits per heavy atom. The van der Waals surface area contributed by atoms with E-state index in [1.165, 1.54) is 11.1 Å². The molecule has 1 aromatic heterocycles. The number of benzene rings is 2. The highest BCUT2D eigenvalue weighted by molar-refractivity contribution is 5.80. The molecule has 35 heavy (non-hydrogen) atoms. The normalized spacial score (nSPS) is 15.7. The largest absolute Gasteiger partial charge is 0.481 e. The van der Waals surface area contributed by atoms with Gasteiger partial charge in [-0.3, -0.25) is 14.6 Å². The summed E-state index contributed by atoms with van der Waals surface area (Å²) in [5.41, 5.74) is 5.45. The number of carbonyl (C=O) groups is 2.